The van der Waals surface area contributed by atoms with E-state index in [-0.39, 0.29) is 46.2 Å². The predicted octanol–water partition coefficient (Wildman–Crippen LogP) is 7.60. The quantitative estimate of drug-likeness (QED) is 0.412. The molecule has 188 valence electrons. The molecule has 0 bridgehead atoms. The van der Waals surface area contributed by atoms with Gasteiger partial charge in [0.15, 0.2) is 5.78 Å². The highest BCUT2D eigenvalue weighted by atomic mass is 19.4. The topological polar surface area (TPSA) is 46.5 Å². The Balaban J connectivity index is 1.61. The molecule has 3 fully saturated rings. The van der Waals surface area contributed by atoms with Crippen molar-refractivity contribution in [3.63, 3.8) is 0 Å². The molecule has 6 heteroatoms. The number of hydrogen-bond donors (Lipinski definition) is 0. The average molecular weight is 486 g/mol. The van der Waals surface area contributed by atoms with E-state index < -0.39 is 11.7 Å². The van der Waals surface area contributed by atoms with Gasteiger partial charge in [0.25, 0.3) is 0 Å². The van der Waals surface area contributed by atoms with Crippen LogP contribution in [-0.2, 0) is 11.0 Å². The van der Waals surface area contributed by atoms with Crippen LogP contribution in [0.2, 0.25) is 0 Å². The number of fused-ring (bicyclic) bond motifs is 1. The monoisotopic (exact) mass is 485 g/mol. The van der Waals surface area contributed by atoms with Gasteiger partial charge in [-0.15, -0.1) is 0 Å². The summed E-state index contributed by atoms with van der Waals surface area (Å²) in [6.45, 7) is 4.03. The number of ketones is 2. The molecule has 2 unspecified atom stereocenters. The fourth-order valence-electron chi connectivity index (χ4n) is 7.00. The largest absolute Gasteiger partial charge is 0.416 e. The molecule has 1 aromatic rings. The number of aliphatic imine (C=N–C) groups is 1. The highest BCUT2D eigenvalue weighted by Gasteiger charge is 2.53. The Morgan fingerprint density at radius 3 is 2.20 bits per heavy atom. The number of benzene rings is 1. The van der Waals surface area contributed by atoms with Gasteiger partial charge in [0.2, 0.25) is 0 Å². The third-order valence-electron chi connectivity index (χ3n) is 8.88. The molecule has 0 radical (unpaired) electrons. The van der Waals surface area contributed by atoms with Crippen LogP contribution < -0.4 is 0 Å². The van der Waals surface area contributed by atoms with Crippen molar-refractivity contribution < 1.29 is 22.8 Å². The van der Waals surface area contributed by atoms with Crippen molar-refractivity contribution in [3.05, 3.63) is 46.7 Å². The van der Waals surface area contributed by atoms with Crippen LogP contribution in [0.15, 0.2) is 40.5 Å². The SMILES string of the molecule is CC(C)C1=C(C(=O)c2ccc(C(F)(F)F)cc2)C(C2CCCCC2)C2C(=O)CC3(CCC3)CC2=N1. The van der Waals surface area contributed by atoms with Crippen molar-refractivity contribution >= 4 is 17.3 Å². The van der Waals surface area contributed by atoms with Crippen LogP contribution in [0.1, 0.15) is 94.0 Å². The van der Waals surface area contributed by atoms with Gasteiger partial charge in [0.1, 0.15) is 5.78 Å². The molecule has 0 aromatic heterocycles. The van der Waals surface area contributed by atoms with E-state index in [1.54, 1.807) is 0 Å². The summed E-state index contributed by atoms with van der Waals surface area (Å²) in [5.74, 6) is -0.429. The Morgan fingerprint density at radius 2 is 1.66 bits per heavy atom. The standard InChI is InChI=1S/C29H34F3NO2/c1-17(2)26-25(27(35)19-9-11-20(12-10-19)29(30,31)32)23(18-7-4-3-5-8-18)24-21(33-26)15-28(13-6-14-28)16-22(24)34/h9-12,17-18,23-24H,3-8,13-16H2,1-2H3. The zero-order chi connectivity index (χ0) is 25.0. The second-order valence-corrected chi connectivity index (χ2v) is 11.5. The van der Waals surface area contributed by atoms with Gasteiger partial charge in [-0.1, -0.05) is 51.7 Å². The zero-order valence-corrected chi connectivity index (χ0v) is 20.6. The van der Waals surface area contributed by atoms with Crippen LogP contribution in [0, 0.1) is 29.1 Å². The van der Waals surface area contributed by atoms with Gasteiger partial charge in [-0.2, -0.15) is 13.2 Å². The number of rotatable bonds is 4. The van der Waals surface area contributed by atoms with Gasteiger partial charge in [-0.05, 0) is 61.5 Å². The molecule has 0 N–H and O–H groups in total. The Bertz CT molecular complexity index is 1070. The number of allylic oxidation sites excluding steroid dienone is 2. The van der Waals surface area contributed by atoms with Crippen molar-refractivity contribution in [1.29, 1.82) is 0 Å². The first-order valence-corrected chi connectivity index (χ1v) is 13.2. The van der Waals surface area contributed by atoms with Crippen LogP contribution in [0.4, 0.5) is 13.2 Å². The van der Waals surface area contributed by atoms with Crippen molar-refractivity contribution in [2.75, 3.05) is 0 Å². The lowest BCUT2D eigenvalue weighted by molar-refractivity contribution is -0.137. The zero-order valence-electron chi connectivity index (χ0n) is 20.6. The van der Waals surface area contributed by atoms with Crippen LogP contribution in [0.25, 0.3) is 0 Å². The summed E-state index contributed by atoms with van der Waals surface area (Å²) in [7, 11) is 0. The van der Waals surface area contributed by atoms with Crippen LogP contribution in [0.5, 0.6) is 0 Å². The Labute approximate surface area is 205 Å². The summed E-state index contributed by atoms with van der Waals surface area (Å²) < 4.78 is 39.4. The van der Waals surface area contributed by atoms with Gasteiger partial charge < -0.3 is 0 Å². The lowest BCUT2D eigenvalue weighted by atomic mass is 9.53. The van der Waals surface area contributed by atoms with Gasteiger partial charge in [-0.3, -0.25) is 14.6 Å². The summed E-state index contributed by atoms with van der Waals surface area (Å²) in [6, 6.07) is 4.50. The number of hydrogen-bond acceptors (Lipinski definition) is 3. The molecule has 0 amide bonds. The highest BCUT2D eigenvalue weighted by Crippen LogP contribution is 2.55. The smallest absolute Gasteiger partial charge is 0.299 e. The van der Waals surface area contributed by atoms with Gasteiger partial charge in [0.05, 0.1) is 17.2 Å². The van der Waals surface area contributed by atoms with Gasteiger partial charge in [0, 0.05) is 29.2 Å². The maximum absolute atomic E-state index is 14.0. The van der Waals surface area contributed by atoms with Gasteiger partial charge >= 0.3 is 6.18 Å². The molecule has 3 aliphatic carbocycles. The molecule has 35 heavy (non-hydrogen) atoms. The van der Waals surface area contributed by atoms with Crippen molar-refractivity contribution in [1.82, 2.24) is 0 Å². The van der Waals surface area contributed by atoms with Crippen molar-refractivity contribution in [2.24, 2.45) is 34.1 Å². The highest BCUT2D eigenvalue weighted by molar-refractivity contribution is 6.15. The Kier molecular flexibility index (Phi) is 6.29. The summed E-state index contributed by atoms with van der Waals surface area (Å²) in [5, 5.41) is 0. The summed E-state index contributed by atoms with van der Waals surface area (Å²) in [5.41, 5.74) is 1.81. The average Bonchev–Trinajstić information content (AvgIpc) is 2.81. The van der Waals surface area contributed by atoms with Gasteiger partial charge in [-0.25, -0.2) is 0 Å². The number of alkyl halides is 3. The van der Waals surface area contributed by atoms with E-state index in [0.717, 1.165) is 81.3 Å². The van der Waals surface area contributed by atoms with E-state index >= 15 is 0 Å². The van der Waals surface area contributed by atoms with E-state index in [1.165, 1.54) is 12.1 Å². The second-order valence-electron chi connectivity index (χ2n) is 11.5. The van der Waals surface area contributed by atoms with Crippen LogP contribution in [-0.4, -0.2) is 17.3 Å². The van der Waals surface area contributed by atoms with E-state index in [0.29, 0.717) is 12.0 Å². The molecule has 0 saturated heterocycles. The van der Waals surface area contributed by atoms with E-state index in [2.05, 4.69) is 0 Å². The number of Topliss-reactive ketones (excluding diaryl/α,β-unsaturated/α-hetero) is 2. The number of nitrogens with zero attached hydrogens (tertiary/aromatic N) is 1. The molecule has 1 heterocycles. The molecule has 3 nitrogen and oxygen atoms in total. The molecule has 1 aromatic carbocycles. The first kappa shape index (κ1) is 24.5. The summed E-state index contributed by atoms with van der Waals surface area (Å²) >= 11 is 0. The molecular weight excluding hydrogens is 451 g/mol. The first-order chi connectivity index (χ1) is 16.6. The molecule has 2 atom stereocenters. The van der Waals surface area contributed by atoms with E-state index in [4.69, 9.17) is 4.99 Å². The summed E-state index contributed by atoms with van der Waals surface area (Å²) in [6.07, 6.45) is 5.51. The Hall–Kier alpha value is -2.24. The Morgan fingerprint density at radius 1 is 1.00 bits per heavy atom. The maximum atomic E-state index is 14.0. The second kappa shape index (κ2) is 9.01. The van der Waals surface area contributed by atoms with E-state index in [9.17, 15) is 22.8 Å². The van der Waals surface area contributed by atoms with Crippen LogP contribution in [0.3, 0.4) is 0 Å². The first-order valence-electron chi connectivity index (χ1n) is 13.2. The third kappa shape index (κ3) is 4.42. The van der Waals surface area contributed by atoms with E-state index in [1.807, 2.05) is 13.8 Å². The number of carbonyl (C=O) groups excluding carboxylic acids is 2. The summed E-state index contributed by atoms with van der Waals surface area (Å²) in [4.78, 5) is 32.7. The number of halogens is 3. The maximum Gasteiger partial charge on any atom is 0.416 e. The molecule has 1 spiro atoms. The lowest BCUT2D eigenvalue weighted by Crippen LogP contribution is -2.50. The third-order valence-corrected chi connectivity index (χ3v) is 8.88. The number of carbonyl (C=O) groups is 2. The molecule has 5 rings (SSSR count). The molecule has 4 aliphatic rings. The molecule has 1 aliphatic heterocycles. The fourth-order valence-corrected chi connectivity index (χ4v) is 7.00. The van der Waals surface area contributed by atoms with Crippen molar-refractivity contribution in [2.45, 2.75) is 84.2 Å². The fraction of sp³-hybridized carbons (Fsp3) is 0.621. The minimum Gasteiger partial charge on any atom is -0.299 e. The van der Waals surface area contributed by atoms with Crippen LogP contribution >= 0.6 is 0 Å². The molecular formula is C29H34F3NO2. The minimum atomic E-state index is -4.45. The minimum absolute atomic E-state index is 0.0164. The van der Waals surface area contributed by atoms with Crippen molar-refractivity contribution in [3.8, 4) is 0 Å². The molecule has 3 saturated carbocycles. The lowest BCUT2D eigenvalue weighted by Gasteiger charge is -2.50. The predicted molar refractivity (Wildman–Crippen MR) is 129 cm³/mol. The normalized spacial score (nSPS) is 27.0.